The Labute approximate surface area is 283 Å². The molecule has 0 radical (unpaired) electrons. The largest absolute Gasteiger partial charge is 0.479 e. The molecular weight excluding hydrogens is 636 g/mol. The number of aryl methyl sites for hydroxylation is 2. The highest BCUT2D eigenvalue weighted by Crippen LogP contribution is 2.45. The maximum Gasteiger partial charge on any atom is 0.410 e. The number of carboxylic acids is 1. The van der Waals surface area contributed by atoms with E-state index >= 15 is 0 Å². The van der Waals surface area contributed by atoms with Gasteiger partial charge in [0.25, 0.3) is 0 Å². The van der Waals surface area contributed by atoms with E-state index in [0.29, 0.717) is 23.7 Å². The van der Waals surface area contributed by atoms with Gasteiger partial charge >= 0.3 is 12.1 Å². The van der Waals surface area contributed by atoms with Gasteiger partial charge in [0.2, 0.25) is 0 Å². The van der Waals surface area contributed by atoms with E-state index in [4.69, 9.17) is 31.2 Å². The van der Waals surface area contributed by atoms with E-state index in [2.05, 4.69) is 6.07 Å². The Balaban J connectivity index is 1.44. The Morgan fingerprint density at radius 2 is 1.66 bits per heavy atom. The minimum Gasteiger partial charge on any atom is -0.479 e. The van der Waals surface area contributed by atoms with Crippen molar-refractivity contribution >= 4 is 56.1 Å². The van der Waals surface area contributed by atoms with E-state index in [1.807, 2.05) is 90.5 Å². The third-order valence-corrected chi connectivity index (χ3v) is 9.45. The highest BCUT2D eigenvalue weighted by molar-refractivity contribution is 7.22. The lowest BCUT2D eigenvalue weighted by molar-refractivity contribution is -0.160. The number of aromatic nitrogens is 3. The number of carboxylic acid groups (broad SMARTS) is 1. The number of likely N-dealkylation sites (tertiary alicyclic amines) is 1. The molecule has 47 heavy (non-hydrogen) atoms. The van der Waals surface area contributed by atoms with Gasteiger partial charge in [0.15, 0.2) is 6.10 Å². The topological polar surface area (TPSA) is 107 Å². The second kappa shape index (κ2) is 11.9. The molecule has 6 rings (SSSR count). The minimum absolute atomic E-state index is 0.0920. The number of hydrogen-bond donors (Lipinski definition) is 1. The fourth-order valence-corrected chi connectivity index (χ4v) is 7.26. The first-order valence-electron chi connectivity index (χ1n) is 15.5. The maximum atomic E-state index is 12.7. The number of hydrogen-bond acceptors (Lipinski definition) is 7. The average Bonchev–Trinajstić information content (AvgIpc) is 3.50. The molecule has 1 aliphatic rings. The van der Waals surface area contributed by atoms with Crippen molar-refractivity contribution in [1.82, 2.24) is 19.7 Å². The van der Waals surface area contributed by atoms with E-state index in [1.54, 1.807) is 17.0 Å². The second-order valence-electron chi connectivity index (χ2n) is 14.1. The molecule has 0 saturated carbocycles. The van der Waals surface area contributed by atoms with Gasteiger partial charge in [0, 0.05) is 53.2 Å². The van der Waals surface area contributed by atoms with Gasteiger partial charge < -0.3 is 19.5 Å². The van der Waals surface area contributed by atoms with E-state index < -0.39 is 23.3 Å². The molecule has 1 N–H and O–H groups in total. The van der Waals surface area contributed by atoms with E-state index in [-0.39, 0.29) is 12.0 Å². The van der Waals surface area contributed by atoms with Crippen molar-refractivity contribution in [3.05, 3.63) is 70.4 Å². The first kappa shape index (κ1) is 32.9. The summed E-state index contributed by atoms with van der Waals surface area (Å²) in [6.45, 7) is 14.1. The number of aliphatic carboxylic acids is 1. The molecule has 11 heteroatoms. The zero-order valence-electron chi connectivity index (χ0n) is 27.8. The number of benzene rings is 3. The summed E-state index contributed by atoms with van der Waals surface area (Å²) in [4.78, 5) is 32.0. The van der Waals surface area contributed by atoms with Crippen LogP contribution in [0.3, 0.4) is 0 Å². The van der Waals surface area contributed by atoms with Crippen LogP contribution in [-0.4, -0.2) is 61.1 Å². The van der Waals surface area contributed by atoms with E-state index in [9.17, 15) is 14.7 Å². The van der Waals surface area contributed by atoms with Crippen LogP contribution in [-0.2, 0) is 21.3 Å². The van der Waals surface area contributed by atoms with Crippen molar-refractivity contribution in [3.63, 3.8) is 0 Å². The summed E-state index contributed by atoms with van der Waals surface area (Å²) in [5, 5.41) is 17.6. The van der Waals surface area contributed by atoms with Crippen LogP contribution in [0.1, 0.15) is 70.4 Å². The summed E-state index contributed by atoms with van der Waals surface area (Å²) < 4.78 is 14.4. The molecule has 246 valence electrons. The highest BCUT2D eigenvalue weighted by atomic mass is 35.5. The normalized spacial score (nSPS) is 14.9. The number of halogens is 1. The first-order valence-corrected chi connectivity index (χ1v) is 16.7. The molecule has 1 atom stereocenters. The van der Waals surface area contributed by atoms with Gasteiger partial charge in [-0.3, -0.25) is 4.68 Å². The monoisotopic (exact) mass is 674 g/mol. The Bertz CT molecular complexity index is 2010. The van der Waals surface area contributed by atoms with E-state index in [0.717, 1.165) is 54.1 Å². The summed E-state index contributed by atoms with van der Waals surface area (Å²) in [6, 6.07) is 15.6. The van der Waals surface area contributed by atoms with Crippen LogP contribution in [0.2, 0.25) is 5.02 Å². The van der Waals surface area contributed by atoms with Crippen LogP contribution in [0.15, 0.2) is 48.5 Å². The van der Waals surface area contributed by atoms with E-state index in [1.165, 1.54) is 11.3 Å². The SMILES string of the molecule is Cc1cc2nc(-c3ccc4c(c3)c(C3CN(C(=O)OC(C)(C)C)C3)nn4C)sc2c(-c2ccc(Cl)cc2)c1[C@H](OC(C)(C)C)C(=O)O. The average molecular weight is 675 g/mol. The van der Waals surface area contributed by atoms with Crippen LogP contribution in [0.25, 0.3) is 42.8 Å². The fourth-order valence-electron chi connectivity index (χ4n) is 6.02. The van der Waals surface area contributed by atoms with Crippen molar-refractivity contribution in [2.24, 2.45) is 7.05 Å². The van der Waals surface area contributed by atoms with Crippen molar-refractivity contribution < 1.29 is 24.2 Å². The smallest absolute Gasteiger partial charge is 0.410 e. The minimum atomic E-state index is -1.19. The zero-order valence-corrected chi connectivity index (χ0v) is 29.4. The van der Waals surface area contributed by atoms with Crippen LogP contribution in [0, 0.1) is 6.92 Å². The molecule has 0 aliphatic carbocycles. The summed E-state index contributed by atoms with van der Waals surface area (Å²) in [5.41, 5.74) is 5.38. The highest BCUT2D eigenvalue weighted by Gasteiger charge is 2.37. The number of amides is 1. The Kier molecular flexibility index (Phi) is 8.35. The molecule has 2 aromatic heterocycles. The standard InChI is InChI=1S/C36H39ClN4O5S/c1-19-15-25-31(28(20-9-12-23(37)13-10-20)27(19)30(33(42)43)45-35(2,3)4)47-32(38-25)21-11-14-26-24(16-21)29(39-40(26)8)22-17-41(18-22)34(44)46-36(5,6)7/h9-16,22,30H,17-18H2,1-8H3,(H,42,43)/t30-/m0/s1. The van der Waals surface area contributed by atoms with Gasteiger partial charge in [0.05, 0.1) is 27.0 Å². The molecule has 1 amide bonds. The summed E-state index contributed by atoms with van der Waals surface area (Å²) in [5.74, 6) is -0.965. The summed E-state index contributed by atoms with van der Waals surface area (Å²) in [6.07, 6.45) is -1.50. The van der Waals surface area contributed by atoms with Crippen LogP contribution in [0.4, 0.5) is 4.79 Å². The van der Waals surface area contributed by atoms with Crippen LogP contribution in [0.5, 0.6) is 0 Å². The molecule has 1 fully saturated rings. The zero-order chi connectivity index (χ0) is 34.0. The maximum absolute atomic E-state index is 12.7. The molecule has 9 nitrogen and oxygen atoms in total. The fraction of sp³-hybridized carbons (Fsp3) is 0.389. The molecular formula is C36H39ClN4O5S. The van der Waals surface area contributed by atoms with Gasteiger partial charge in [-0.2, -0.15) is 5.10 Å². The number of carbonyl (C=O) groups is 2. The first-order chi connectivity index (χ1) is 22.0. The molecule has 3 heterocycles. The van der Waals surface area contributed by atoms with Crippen molar-refractivity contribution in [1.29, 1.82) is 0 Å². The number of carbonyl (C=O) groups excluding carboxylic acids is 1. The van der Waals surface area contributed by atoms with Gasteiger partial charge in [-0.05, 0) is 96.0 Å². The number of rotatable bonds is 6. The number of ether oxygens (including phenoxy) is 2. The van der Waals surface area contributed by atoms with Crippen molar-refractivity contribution in [2.45, 2.75) is 71.7 Å². The van der Waals surface area contributed by atoms with Crippen molar-refractivity contribution in [2.75, 3.05) is 13.1 Å². The number of nitrogens with zero attached hydrogens (tertiary/aromatic N) is 4. The van der Waals surface area contributed by atoms with Crippen molar-refractivity contribution in [3.8, 4) is 21.7 Å². The van der Waals surface area contributed by atoms with Crippen LogP contribution < -0.4 is 0 Å². The molecule has 0 unspecified atom stereocenters. The number of fused-ring (bicyclic) bond motifs is 2. The molecule has 5 aromatic rings. The predicted octanol–water partition coefficient (Wildman–Crippen LogP) is 8.75. The lowest BCUT2D eigenvalue weighted by atomic mass is 9.91. The number of thiazole rings is 1. The quantitative estimate of drug-likeness (QED) is 0.192. The third-order valence-electron chi connectivity index (χ3n) is 8.06. The summed E-state index contributed by atoms with van der Waals surface area (Å²) in [7, 11) is 1.93. The van der Waals surface area contributed by atoms with Gasteiger partial charge in [-0.15, -0.1) is 11.3 Å². The Morgan fingerprint density at radius 1 is 1.00 bits per heavy atom. The summed E-state index contributed by atoms with van der Waals surface area (Å²) >= 11 is 7.78. The van der Waals surface area contributed by atoms with Crippen LogP contribution >= 0.6 is 22.9 Å². The van der Waals surface area contributed by atoms with Gasteiger partial charge in [0.1, 0.15) is 10.6 Å². The molecule has 0 bridgehead atoms. The third kappa shape index (κ3) is 6.59. The molecule has 0 spiro atoms. The molecule has 3 aromatic carbocycles. The molecule has 1 saturated heterocycles. The molecule has 1 aliphatic heterocycles. The Hall–Kier alpha value is -3.99. The lowest BCUT2D eigenvalue weighted by Crippen LogP contribution is -2.50. The predicted molar refractivity (Wildman–Crippen MR) is 186 cm³/mol. The van der Waals surface area contributed by atoms with Gasteiger partial charge in [-0.1, -0.05) is 23.7 Å². The Morgan fingerprint density at radius 3 is 2.28 bits per heavy atom. The lowest BCUT2D eigenvalue weighted by Gasteiger charge is -2.39. The van der Waals surface area contributed by atoms with Gasteiger partial charge in [-0.25, -0.2) is 14.6 Å². The second-order valence-corrected chi connectivity index (χ2v) is 15.6.